The van der Waals surface area contributed by atoms with Crippen LogP contribution in [0.5, 0.6) is 0 Å². The van der Waals surface area contributed by atoms with Gasteiger partial charge >= 0.3 is 0 Å². The zero-order chi connectivity index (χ0) is 23.6. The number of amides is 1. The first-order valence-electron chi connectivity index (χ1n) is 9.33. The molecular formula is C22H14ClF2N3O4S. The molecule has 33 heavy (non-hydrogen) atoms. The lowest BCUT2D eigenvalue weighted by Crippen LogP contribution is -2.27. The van der Waals surface area contributed by atoms with E-state index in [2.05, 4.69) is 10.4 Å². The smallest absolute Gasteiger partial charge is 0.276 e. The third-order valence-corrected chi connectivity index (χ3v) is 5.95. The van der Waals surface area contributed by atoms with Crippen molar-refractivity contribution in [1.82, 2.24) is 4.83 Å². The molecular weight excluding hydrogens is 476 g/mol. The molecule has 2 N–H and O–H groups in total. The van der Waals surface area contributed by atoms with Crippen LogP contribution in [0.15, 0.2) is 87.2 Å². The van der Waals surface area contributed by atoms with Gasteiger partial charge in [-0.15, -0.1) is 5.10 Å². The van der Waals surface area contributed by atoms with Crippen LogP contribution in [-0.2, 0) is 10.0 Å². The number of hydrogen-bond donors (Lipinski definition) is 2. The number of rotatable bonds is 5. The summed E-state index contributed by atoms with van der Waals surface area (Å²) in [5.41, 5.74) is 0.0559. The number of para-hydroxylation sites is 1. The molecule has 0 radical (unpaired) electrons. The van der Waals surface area contributed by atoms with Gasteiger partial charge in [-0.2, -0.15) is 13.2 Å². The second kappa shape index (κ2) is 9.00. The van der Waals surface area contributed by atoms with E-state index in [1.54, 1.807) is 24.3 Å². The van der Waals surface area contributed by atoms with Gasteiger partial charge in [-0.25, -0.2) is 8.78 Å². The van der Waals surface area contributed by atoms with Gasteiger partial charge in [-0.05, 0) is 48.5 Å². The summed E-state index contributed by atoms with van der Waals surface area (Å²) in [7, 11) is -4.27. The number of nitrogens with zero attached hydrogens (tertiary/aromatic N) is 1. The Morgan fingerprint density at radius 2 is 1.76 bits per heavy atom. The molecule has 0 spiro atoms. The molecule has 4 aromatic rings. The van der Waals surface area contributed by atoms with Gasteiger partial charge in [0, 0.05) is 11.1 Å². The molecule has 0 bridgehead atoms. The molecule has 0 atom stereocenters. The van der Waals surface area contributed by atoms with E-state index in [4.69, 9.17) is 16.0 Å². The van der Waals surface area contributed by atoms with E-state index in [0.29, 0.717) is 11.0 Å². The predicted molar refractivity (Wildman–Crippen MR) is 118 cm³/mol. The molecule has 0 fully saturated rings. The number of fused-ring (bicyclic) bond motifs is 1. The molecule has 1 amide bonds. The molecule has 168 valence electrons. The lowest BCUT2D eigenvalue weighted by atomic mass is 10.1. The second-order valence-corrected chi connectivity index (χ2v) is 8.82. The number of benzene rings is 3. The van der Waals surface area contributed by atoms with Gasteiger partial charge < -0.3 is 9.73 Å². The Bertz CT molecular complexity index is 1560. The van der Waals surface area contributed by atoms with Crippen LogP contribution in [0.3, 0.4) is 0 Å². The maximum atomic E-state index is 13.5. The molecule has 0 aliphatic rings. The number of hydrogen-bond acceptors (Lipinski definition) is 5. The zero-order valence-corrected chi connectivity index (χ0v) is 18.1. The fourth-order valence-electron chi connectivity index (χ4n) is 2.88. The first kappa shape index (κ1) is 22.4. The van der Waals surface area contributed by atoms with E-state index in [1.807, 2.05) is 4.83 Å². The highest BCUT2D eigenvalue weighted by molar-refractivity contribution is 7.89. The number of carbonyl (C=O) groups excluding carboxylic acids is 1. The highest BCUT2D eigenvalue weighted by atomic mass is 35.5. The van der Waals surface area contributed by atoms with E-state index >= 15 is 0 Å². The Morgan fingerprint density at radius 3 is 2.52 bits per heavy atom. The minimum Gasteiger partial charge on any atom is -0.436 e. The normalized spacial score (nSPS) is 12.0. The van der Waals surface area contributed by atoms with Gasteiger partial charge in [0.05, 0.1) is 9.92 Å². The first-order valence-corrected chi connectivity index (χ1v) is 11.2. The van der Waals surface area contributed by atoms with E-state index in [9.17, 15) is 22.0 Å². The average Bonchev–Trinajstić information content (AvgIpc) is 2.79. The molecule has 1 aromatic heterocycles. The van der Waals surface area contributed by atoms with Crippen LogP contribution >= 0.6 is 11.6 Å². The van der Waals surface area contributed by atoms with E-state index in [0.717, 1.165) is 24.3 Å². The summed E-state index contributed by atoms with van der Waals surface area (Å²) in [5, 5.41) is 6.44. The summed E-state index contributed by atoms with van der Waals surface area (Å²) < 4.78 is 57.6. The topological polar surface area (TPSA) is 101 Å². The average molecular weight is 490 g/mol. The van der Waals surface area contributed by atoms with E-state index < -0.39 is 27.6 Å². The van der Waals surface area contributed by atoms with Crippen molar-refractivity contribution in [2.45, 2.75) is 4.90 Å². The van der Waals surface area contributed by atoms with Crippen LogP contribution in [0.25, 0.3) is 11.0 Å². The lowest BCUT2D eigenvalue weighted by molar-refractivity contribution is 0.102. The minimum atomic E-state index is -4.27. The van der Waals surface area contributed by atoms with Crippen molar-refractivity contribution in [3.05, 3.63) is 101 Å². The highest BCUT2D eigenvalue weighted by Crippen LogP contribution is 2.19. The molecule has 0 aliphatic carbocycles. The first-order chi connectivity index (χ1) is 15.7. The monoisotopic (exact) mass is 489 g/mol. The molecule has 1 heterocycles. The largest absolute Gasteiger partial charge is 0.436 e. The maximum Gasteiger partial charge on any atom is 0.276 e. The number of anilines is 1. The number of nitrogens with one attached hydrogen (secondary N) is 2. The molecule has 7 nitrogen and oxygen atoms in total. The van der Waals surface area contributed by atoms with Crippen LogP contribution in [0.1, 0.15) is 10.4 Å². The third-order valence-electron chi connectivity index (χ3n) is 4.45. The van der Waals surface area contributed by atoms with Crippen LogP contribution < -0.4 is 15.7 Å². The van der Waals surface area contributed by atoms with Crippen molar-refractivity contribution in [3.63, 3.8) is 0 Å². The van der Waals surface area contributed by atoms with Gasteiger partial charge in [0.1, 0.15) is 22.8 Å². The molecule has 11 heteroatoms. The zero-order valence-electron chi connectivity index (χ0n) is 16.6. The van der Waals surface area contributed by atoms with Crippen LogP contribution in [0, 0.1) is 11.6 Å². The molecule has 0 saturated heterocycles. The Kier molecular flexibility index (Phi) is 6.12. The van der Waals surface area contributed by atoms with Gasteiger partial charge in [-0.3, -0.25) is 4.79 Å². The van der Waals surface area contributed by atoms with Gasteiger partial charge in [-0.1, -0.05) is 35.9 Å². The summed E-state index contributed by atoms with van der Waals surface area (Å²) >= 11 is 5.66. The van der Waals surface area contributed by atoms with Crippen LogP contribution in [0.2, 0.25) is 5.02 Å². The number of sulfonamides is 1. The highest BCUT2D eigenvalue weighted by Gasteiger charge is 2.17. The molecule has 0 saturated carbocycles. The SMILES string of the molecule is O=C(Nc1cccc(F)c1)c1cc2ccccc2o/c1=N\NS(=O)(=O)c1ccc(F)c(Cl)c1. The maximum absolute atomic E-state index is 13.5. The summed E-state index contributed by atoms with van der Waals surface area (Å²) in [6.07, 6.45) is 0. The summed E-state index contributed by atoms with van der Waals surface area (Å²) in [6, 6.07) is 16.2. The van der Waals surface area contributed by atoms with Gasteiger partial charge in [0.25, 0.3) is 15.9 Å². The Balaban J connectivity index is 1.76. The van der Waals surface area contributed by atoms with Crippen molar-refractivity contribution in [1.29, 1.82) is 0 Å². The fraction of sp³-hybridized carbons (Fsp3) is 0. The second-order valence-electron chi connectivity index (χ2n) is 6.75. The minimum absolute atomic E-state index is 0.113. The fourth-order valence-corrected chi connectivity index (χ4v) is 3.95. The van der Waals surface area contributed by atoms with Crippen LogP contribution in [-0.4, -0.2) is 14.3 Å². The van der Waals surface area contributed by atoms with E-state index in [-0.39, 0.29) is 26.7 Å². The van der Waals surface area contributed by atoms with Crippen molar-refractivity contribution < 1.29 is 26.4 Å². The third kappa shape index (κ3) is 5.02. The molecule has 0 unspecified atom stereocenters. The summed E-state index contributed by atoms with van der Waals surface area (Å²) in [4.78, 5) is 14.5. The molecule has 0 aliphatic heterocycles. The standard InChI is InChI=1S/C22H14ClF2N3O4S/c23-18-12-16(8-9-19(18)25)33(30,31)28-27-22-17(10-13-4-1-2-7-20(13)32-22)21(29)26-15-6-3-5-14(24)11-15/h1-12,28H,(H,26,29)/b27-22-. The lowest BCUT2D eigenvalue weighted by Gasteiger charge is -2.08. The Morgan fingerprint density at radius 1 is 0.970 bits per heavy atom. The quantitative estimate of drug-likeness (QED) is 0.405. The van der Waals surface area contributed by atoms with Gasteiger partial charge in [0.15, 0.2) is 0 Å². The number of carbonyl (C=O) groups is 1. The number of halogens is 3. The summed E-state index contributed by atoms with van der Waals surface area (Å²) in [6.45, 7) is 0. The van der Waals surface area contributed by atoms with Crippen molar-refractivity contribution in [2.75, 3.05) is 5.32 Å². The van der Waals surface area contributed by atoms with Gasteiger partial charge in [0.2, 0.25) is 5.55 Å². The van der Waals surface area contributed by atoms with Crippen LogP contribution in [0.4, 0.5) is 14.5 Å². The molecule has 3 aromatic carbocycles. The Labute approximate surface area is 191 Å². The van der Waals surface area contributed by atoms with Crippen molar-refractivity contribution >= 4 is 44.2 Å². The summed E-state index contributed by atoms with van der Waals surface area (Å²) in [5.74, 6) is -2.04. The van der Waals surface area contributed by atoms with E-state index in [1.165, 1.54) is 24.3 Å². The predicted octanol–water partition coefficient (Wildman–Crippen LogP) is 4.41. The molecule has 4 rings (SSSR count). The Hall–Kier alpha value is -3.76. The van der Waals surface area contributed by atoms with Crippen molar-refractivity contribution in [2.24, 2.45) is 5.10 Å². The van der Waals surface area contributed by atoms with Crippen molar-refractivity contribution in [3.8, 4) is 0 Å².